The van der Waals surface area contributed by atoms with Gasteiger partial charge in [0, 0.05) is 0 Å². The molecule has 118 valence electrons. The van der Waals surface area contributed by atoms with Crippen LogP contribution in [-0.4, -0.2) is 10.9 Å². The Morgan fingerprint density at radius 3 is 2.35 bits per heavy atom. The van der Waals surface area contributed by atoms with E-state index in [9.17, 15) is 9.18 Å². The van der Waals surface area contributed by atoms with Crippen LogP contribution in [0.1, 0.15) is 14.7 Å². The molecule has 3 nitrogen and oxygen atoms in total. The normalized spacial score (nSPS) is 9.87. The first-order valence-electron chi connectivity index (χ1n) is 6.70. The lowest BCUT2D eigenvalue weighted by molar-refractivity contribution is 0.100. The van der Waals surface area contributed by atoms with Crippen molar-refractivity contribution in [2.24, 2.45) is 5.73 Å². The summed E-state index contributed by atoms with van der Waals surface area (Å²) in [5.74, 6) is -0.784. The van der Waals surface area contributed by atoms with Crippen LogP contribution in [0, 0.1) is 12.7 Å². The van der Waals surface area contributed by atoms with Crippen molar-refractivity contribution in [2.45, 2.75) is 6.92 Å². The summed E-state index contributed by atoms with van der Waals surface area (Å²) < 4.78 is 13.1. The molecule has 2 N–H and O–H groups in total. The largest absolute Gasteiger partial charge is 0.365 e. The quantitative estimate of drug-likeness (QED) is 0.730. The first-order chi connectivity index (χ1) is 11.0. The lowest BCUT2D eigenvalue weighted by Crippen LogP contribution is -2.08. The molecule has 3 aromatic rings. The number of amides is 1. The van der Waals surface area contributed by atoms with Gasteiger partial charge in [-0.2, -0.15) is 0 Å². The summed E-state index contributed by atoms with van der Waals surface area (Å²) in [7, 11) is 0. The van der Waals surface area contributed by atoms with E-state index in [0.29, 0.717) is 4.88 Å². The van der Waals surface area contributed by atoms with Crippen LogP contribution >= 0.6 is 22.9 Å². The van der Waals surface area contributed by atoms with Crippen LogP contribution in [0.15, 0.2) is 54.7 Å². The van der Waals surface area contributed by atoms with E-state index in [1.54, 1.807) is 12.1 Å². The lowest BCUT2D eigenvalue weighted by Gasteiger charge is -2.01. The molecule has 1 heterocycles. The molecule has 0 saturated heterocycles. The van der Waals surface area contributed by atoms with Crippen molar-refractivity contribution in [1.29, 1.82) is 0 Å². The first-order valence-corrected chi connectivity index (χ1v) is 7.89. The number of hydrogen-bond donors (Lipinski definition) is 1. The number of aromatic nitrogens is 1. The van der Waals surface area contributed by atoms with Gasteiger partial charge in [-0.3, -0.25) is 4.79 Å². The number of rotatable bonds is 2. The zero-order valence-electron chi connectivity index (χ0n) is 12.3. The Hall–Kier alpha value is -2.24. The molecule has 1 amide bonds. The molecule has 0 aliphatic carbocycles. The molecular weight excluding hydrogens is 335 g/mol. The van der Waals surface area contributed by atoms with Crippen LogP contribution in [-0.2, 0) is 0 Å². The molecule has 0 atom stereocenters. The number of primary amides is 1. The van der Waals surface area contributed by atoms with Crippen molar-refractivity contribution in [3.8, 4) is 11.1 Å². The highest BCUT2D eigenvalue weighted by Gasteiger charge is 2.02. The average Bonchev–Trinajstić information content (AvgIpc) is 2.98. The van der Waals surface area contributed by atoms with Crippen LogP contribution in [0.4, 0.5) is 4.39 Å². The highest BCUT2D eigenvalue weighted by molar-refractivity contribution is 7.13. The van der Waals surface area contributed by atoms with Crippen LogP contribution in [0.2, 0.25) is 5.02 Å². The lowest BCUT2D eigenvalue weighted by atomic mass is 10.1. The maximum absolute atomic E-state index is 13.1. The third-order valence-electron chi connectivity index (χ3n) is 2.89. The molecule has 0 bridgehead atoms. The number of halogens is 2. The second kappa shape index (κ2) is 7.85. The molecule has 0 spiro atoms. The van der Waals surface area contributed by atoms with Gasteiger partial charge >= 0.3 is 0 Å². The maximum atomic E-state index is 13.1. The van der Waals surface area contributed by atoms with E-state index in [0.717, 1.165) is 16.1 Å². The second-order valence-electron chi connectivity index (χ2n) is 4.60. The molecule has 23 heavy (non-hydrogen) atoms. The minimum Gasteiger partial charge on any atom is -0.365 e. The van der Waals surface area contributed by atoms with Crippen molar-refractivity contribution >= 4 is 28.8 Å². The zero-order valence-corrected chi connectivity index (χ0v) is 13.9. The maximum Gasteiger partial charge on any atom is 0.260 e. The number of carbonyl (C=O) groups is 1. The molecule has 3 rings (SSSR count). The van der Waals surface area contributed by atoms with Gasteiger partial charge < -0.3 is 5.73 Å². The Bertz CT molecular complexity index is 805. The van der Waals surface area contributed by atoms with E-state index in [1.807, 2.05) is 37.3 Å². The fraction of sp³-hybridized carbons (Fsp3) is 0.0588. The number of nitrogens with zero attached hydrogens (tertiary/aromatic N) is 1. The summed E-state index contributed by atoms with van der Waals surface area (Å²) in [5.41, 5.74) is 6.79. The van der Waals surface area contributed by atoms with Crippen molar-refractivity contribution in [3.05, 3.63) is 75.5 Å². The number of thiazole rings is 1. The zero-order chi connectivity index (χ0) is 16.8. The van der Waals surface area contributed by atoms with Gasteiger partial charge in [0.25, 0.3) is 5.91 Å². The molecule has 6 heteroatoms. The third-order valence-corrected chi connectivity index (χ3v) is 4.12. The van der Waals surface area contributed by atoms with E-state index in [1.165, 1.54) is 23.6 Å². The Kier molecular flexibility index (Phi) is 5.84. The van der Waals surface area contributed by atoms with E-state index < -0.39 is 5.91 Å². The minimum atomic E-state index is -0.402. The van der Waals surface area contributed by atoms with Gasteiger partial charge in [0.15, 0.2) is 0 Å². The van der Waals surface area contributed by atoms with Crippen LogP contribution in [0.5, 0.6) is 0 Å². The average molecular weight is 349 g/mol. The number of hydrogen-bond acceptors (Lipinski definition) is 3. The standard InChI is InChI=1S/C12H8ClF.C5H6N2OS/c13-11-7-6-10(8-12(11)14)9-4-2-1-3-5-9;1-3-7-2-4(9-3)5(6)8/h1-8H;2H,1H3,(H2,6,8). The van der Waals surface area contributed by atoms with E-state index in [-0.39, 0.29) is 10.8 Å². The monoisotopic (exact) mass is 348 g/mol. The smallest absolute Gasteiger partial charge is 0.260 e. The predicted octanol–water partition coefficient (Wildman–Crippen LogP) is 4.70. The highest BCUT2D eigenvalue weighted by Crippen LogP contribution is 2.23. The van der Waals surface area contributed by atoms with Gasteiger partial charge in [-0.15, -0.1) is 11.3 Å². The summed E-state index contributed by atoms with van der Waals surface area (Å²) in [6.45, 7) is 1.83. The number of nitrogens with two attached hydrogens (primary N) is 1. The number of benzene rings is 2. The fourth-order valence-electron chi connectivity index (χ4n) is 1.78. The van der Waals surface area contributed by atoms with Gasteiger partial charge in [-0.1, -0.05) is 48.0 Å². The molecule has 0 aliphatic heterocycles. The van der Waals surface area contributed by atoms with Gasteiger partial charge in [0.05, 0.1) is 16.2 Å². The van der Waals surface area contributed by atoms with Crippen molar-refractivity contribution in [1.82, 2.24) is 4.98 Å². The Morgan fingerprint density at radius 2 is 1.87 bits per heavy atom. The highest BCUT2D eigenvalue weighted by atomic mass is 35.5. The molecule has 0 fully saturated rings. The summed E-state index contributed by atoms with van der Waals surface area (Å²) in [6, 6.07) is 14.4. The summed E-state index contributed by atoms with van der Waals surface area (Å²) in [5, 5.41) is 1.02. The molecule has 1 aromatic heterocycles. The third kappa shape index (κ3) is 4.87. The number of aryl methyl sites for hydroxylation is 1. The molecule has 0 unspecified atom stereocenters. The topological polar surface area (TPSA) is 56.0 Å². The van der Waals surface area contributed by atoms with Gasteiger partial charge in [-0.25, -0.2) is 9.37 Å². The Balaban J connectivity index is 0.000000185. The molecule has 0 aliphatic rings. The predicted molar refractivity (Wildman–Crippen MR) is 92.2 cm³/mol. The summed E-state index contributed by atoms with van der Waals surface area (Å²) >= 11 is 6.90. The Labute approximate surface area is 142 Å². The van der Waals surface area contributed by atoms with E-state index in [2.05, 4.69) is 4.98 Å². The van der Waals surface area contributed by atoms with Gasteiger partial charge in [0.2, 0.25) is 0 Å². The minimum absolute atomic E-state index is 0.157. The SMILES string of the molecule is Cc1ncc(C(N)=O)s1.Fc1cc(-c2ccccc2)ccc1Cl. The second-order valence-corrected chi connectivity index (χ2v) is 6.24. The van der Waals surface area contributed by atoms with Crippen LogP contribution < -0.4 is 5.73 Å². The fourth-order valence-corrected chi connectivity index (χ4v) is 2.53. The van der Waals surface area contributed by atoms with Crippen molar-refractivity contribution in [3.63, 3.8) is 0 Å². The van der Waals surface area contributed by atoms with Crippen LogP contribution in [0.3, 0.4) is 0 Å². The van der Waals surface area contributed by atoms with Crippen molar-refractivity contribution in [2.75, 3.05) is 0 Å². The van der Waals surface area contributed by atoms with Crippen molar-refractivity contribution < 1.29 is 9.18 Å². The van der Waals surface area contributed by atoms with Gasteiger partial charge in [0.1, 0.15) is 10.7 Å². The van der Waals surface area contributed by atoms with Crippen LogP contribution in [0.25, 0.3) is 11.1 Å². The number of carbonyl (C=O) groups excluding carboxylic acids is 1. The first kappa shape index (κ1) is 17.1. The summed E-state index contributed by atoms with van der Waals surface area (Å²) in [6.07, 6.45) is 1.49. The van der Waals surface area contributed by atoms with E-state index >= 15 is 0 Å². The molecule has 0 saturated carbocycles. The van der Waals surface area contributed by atoms with Gasteiger partial charge in [-0.05, 0) is 30.2 Å². The molecular formula is C17H14ClFN2OS. The van der Waals surface area contributed by atoms with E-state index in [4.69, 9.17) is 17.3 Å². The molecule has 0 radical (unpaired) electrons. The molecule has 2 aromatic carbocycles. The summed E-state index contributed by atoms with van der Waals surface area (Å²) in [4.78, 5) is 14.8. The Morgan fingerprint density at radius 1 is 1.17 bits per heavy atom.